The van der Waals surface area contributed by atoms with Gasteiger partial charge < -0.3 is 10.0 Å². The fraction of sp³-hybridized carbons (Fsp3) is 0.300. The Hall–Kier alpha value is -2.51. The van der Waals surface area contributed by atoms with Gasteiger partial charge in [-0.2, -0.15) is 0 Å². The predicted octanol–water partition coefficient (Wildman–Crippen LogP) is -0.172. The maximum atomic E-state index is 10.7. The van der Waals surface area contributed by atoms with Gasteiger partial charge in [-0.3, -0.25) is 4.98 Å². The van der Waals surface area contributed by atoms with E-state index in [0.717, 1.165) is 18.9 Å². The minimum absolute atomic E-state index is 0.0343. The molecule has 18 heavy (non-hydrogen) atoms. The Morgan fingerprint density at radius 1 is 1.39 bits per heavy atom. The van der Waals surface area contributed by atoms with E-state index >= 15 is 0 Å². The summed E-state index contributed by atoms with van der Waals surface area (Å²) in [6.07, 6.45) is 6.40. The van der Waals surface area contributed by atoms with Crippen molar-refractivity contribution in [1.82, 2.24) is 25.0 Å². The quantitative estimate of drug-likeness (QED) is 0.802. The highest BCUT2D eigenvalue weighted by Crippen LogP contribution is 2.24. The molecule has 0 amide bonds. The highest BCUT2D eigenvalue weighted by atomic mass is 16.4. The molecule has 8 nitrogen and oxygen atoms in total. The van der Waals surface area contributed by atoms with Crippen LogP contribution in [-0.2, 0) is 0 Å². The standard InChI is InChI=1S/C10H10N6O2/c17-10(18)8-6-16(14-13-8)7-4-15(5-7)9-3-11-1-2-12-9/h1-3,6-7H,4-5H2,(H,17,18). The maximum absolute atomic E-state index is 10.7. The van der Waals surface area contributed by atoms with E-state index in [2.05, 4.69) is 20.3 Å². The Morgan fingerprint density at radius 2 is 2.22 bits per heavy atom. The van der Waals surface area contributed by atoms with Gasteiger partial charge in [-0.25, -0.2) is 14.5 Å². The molecule has 3 rings (SSSR count). The number of nitrogens with zero attached hydrogens (tertiary/aromatic N) is 6. The van der Waals surface area contributed by atoms with Gasteiger partial charge in [0.1, 0.15) is 5.82 Å². The second kappa shape index (κ2) is 4.06. The van der Waals surface area contributed by atoms with Crippen LogP contribution in [0.3, 0.4) is 0 Å². The first kappa shape index (κ1) is 10.6. The predicted molar refractivity (Wildman–Crippen MR) is 60.3 cm³/mol. The molecule has 2 aromatic rings. The van der Waals surface area contributed by atoms with Crippen molar-refractivity contribution in [2.24, 2.45) is 0 Å². The lowest BCUT2D eigenvalue weighted by atomic mass is 10.1. The number of carbonyl (C=O) groups is 1. The number of hydrogen-bond donors (Lipinski definition) is 1. The minimum Gasteiger partial charge on any atom is -0.476 e. The first-order chi connectivity index (χ1) is 8.74. The van der Waals surface area contributed by atoms with Crippen LogP contribution in [0.2, 0.25) is 0 Å². The summed E-state index contributed by atoms with van der Waals surface area (Å²) in [6.45, 7) is 1.45. The molecule has 8 heteroatoms. The van der Waals surface area contributed by atoms with Gasteiger partial charge in [0.15, 0.2) is 5.69 Å². The summed E-state index contributed by atoms with van der Waals surface area (Å²) in [4.78, 5) is 20.9. The van der Waals surface area contributed by atoms with Crippen LogP contribution in [0.5, 0.6) is 0 Å². The molecule has 0 aromatic carbocycles. The summed E-state index contributed by atoms with van der Waals surface area (Å²) in [7, 11) is 0. The zero-order valence-electron chi connectivity index (χ0n) is 9.34. The van der Waals surface area contributed by atoms with E-state index in [1.807, 2.05) is 4.90 Å². The minimum atomic E-state index is -1.06. The summed E-state index contributed by atoms with van der Waals surface area (Å²) >= 11 is 0. The van der Waals surface area contributed by atoms with Gasteiger partial charge in [-0.05, 0) is 0 Å². The van der Waals surface area contributed by atoms with Crippen LogP contribution in [0.15, 0.2) is 24.8 Å². The molecule has 1 saturated heterocycles. The lowest BCUT2D eigenvalue weighted by Crippen LogP contribution is -2.48. The fourth-order valence-corrected chi connectivity index (χ4v) is 1.82. The molecule has 0 atom stereocenters. The molecule has 2 aromatic heterocycles. The fourth-order valence-electron chi connectivity index (χ4n) is 1.82. The van der Waals surface area contributed by atoms with Crippen molar-refractivity contribution < 1.29 is 9.90 Å². The third-order valence-corrected chi connectivity index (χ3v) is 2.84. The second-order valence-corrected chi connectivity index (χ2v) is 4.01. The van der Waals surface area contributed by atoms with Gasteiger partial charge in [0.05, 0.1) is 18.4 Å². The Labute approximate surface area is 102 Å². The molecule has 0 unspecified atom stereocenters. The lowest BCUT2D eigenvalue weighted by Gasteiger charge is -2.39. The van der Waals surface area contributed by atoms with Crippen LogP contribution < -0.4 is 4.90 Å². The molecular weight excluding hydrogens is 236 g/mol. The molecule has 1 aliphatic rings. The summed E-state index contributed by atoms with van der Waals surface area (Å²) in [5, 5.41) is 16.2. The van der Waals surface area contributed by atoms with Crippen LogP contribution in [0.4, 0.5) is 5.82 Å². The van der Waals surface area contributed by atoms with Crippen molar-refractivity contribution >= 4 is 11.8 Å². The van der Waals surface area contributed by atoms with Crippen molar-refractivity contribution in [3.8, 4) is 0 Å². The molecule has 0 radical (unpaired) electrons. The third-order valence-electron chi connectivity index (χ3n) is 2.84. The van der Waals surface area contributed by atoms with E-state index in [9.17, 15) is 4.79 Å². The summed E-state index contributed by atoms with van der Waals surface area (Å²) in [5.41, 5.74) is -0.0343. The van der Waals surface area contributed by atoms with E-state index in [1.54, 1.807) is 23.3 Å². The normalized spacial score (nSPS) is 15.4. The summed E-state index contributed by atoms with van der Waals surface area (Å²) < 4.78 is 1.58. The van der Waals surface area contributed by atoms with Gasteiger partial charge in [0, 0.05) is 25.5 Å². The van der Waals surface area contributed by atoms with Crippen molar-refractivity contribution in [2.45, 2.75) is 6.04 Å². The maximum Gasteiger partial charge on any atom is 0.358 e. The van der Waals surface area contributed by atoms with Crippen LogP contribution >= 0.6 is 0 Å². The first-order valence-electron chi connectivity index (χ1n) is 5.40. The topological polar surface area (TPSA) is 97.0 Å². The van der Waals surface area contributed by atoms with Crippen molar-refractivity contribution in [2.75, 3.05) is 18.0 Å². The first-order valence-corrected chi connectivity index (χ1v) is 5.40. The van der Waals surface area contributed by atoms with Gasteiger partial charge in [0.25, 0.3) is 0 Å². The molecule has 0 spiro atoms. The zero-order chi connectivity index (χ0) is 12.5. The third kappa shape index (κ3) is 1.77. The summed E-state index contributed by atoms with van der Waals surface area (Å²) in [5.74, 6) is -0.251. The molecule has 0 saturated carbocycles. The lowest BCUT2D eigenvalue weighted by molar-refractivity contribution is 0.0690. The SMILES string of the molecule is O=C(O)c1cn(C2CN(c3cnccn3)C2)nn1. The number of hydrogen-bond acceptors (Lipinski definition) is 6. The van der Waals surface area contributed by atoms with Crippen LogP contribution in [0.25, 0.3) is 0 Å². The van der Waals surface area contributed by atoms with Crippen molar-refractivity contribution in [3.63, 3.8) is 0 Å². The molecule has 1 fully saturated rings. The van der Waals surface area contributed by atoms with Crippen molar-refractivity contribution in [3.05, 3.63) is 30.5 Å². The number of aromatic nitrogens is 5. The molecule has 3 heterocycles. The molecular formula is C10H10N6O2. The van der Waals surface area contributed by atoms with E-state index in [4.69, 9.17) is 5.11 Å². The van der Waals surface area contributed by atoms with Crippen molar-refractivity contribution in [1.29, 1.82) is 0 Å². The number of rotatable bonds is 3. The average Bonchev–Trinajstić information content (AvgIpc) is 2.78. The van der Waals surface area contributed by atoms with E-state index in [-0.39, 0.29) is 11.7 Å². The van der Waals surface area contributed by atoms with E-state index in [0.29, 0.717) is 0 Å². The zero-order valence-corrected chi connectivity index (χ0v) is 9.34. The molecule has 92 valence electrons. The van der Waals surface area contributed by atoms with Gasteiger partial charge >= 0.3 is 5.97 Å². The monoisotopic (exact) mass is 246 g/mol. The van der Waals surface area contributed by atoms with Crippen LogP contribution in [-0.4, -0.2) is 49.1 Å². The Bertz CT molecular complexity index is 563. The largest absolute Gasteiger partial charge is 0.476 e. The Balaban J connectivity index is 1.66. The van der Waals surface area contributed by atoms with Gasteiger partial charge in [-0.1, -0.05) is 5.21 Å². The number of carboxylic acid groups (broad SMARTS) is 1. The highest BCUT2D eigenvalue weighted by molar-refractivity contribution is 5.84. The van der Waals surface area contributed by atoms with E-state index < -0.39 is 5.97 Å². The van der Waals surface area contributed by atoms with Gasteiger partial charge in [-0.15, -0.1) is 5.10 Å². The summed E-state index contributed by atoms with van der Waals surface area (Å²) in [6, 6.07) is 0.132. The average molecular weight is 246 g/mol. The molecule has 0 bridgehead atoms. The Morgan fingerprint density at radius 3 is 2.83 bits per heavy atom. The smallest absolute Gasteiger partial charge is 0.358 e. The number of anilines is 1. The van der Waals surface area contributed by atoms with Crippen LogP contribution in [0.1, 0.15) is 16.5 Å². The van der Waals surface area contributed by atoms with Gasteiger partial charge in [0.2, 0.25) is 0 Å². The molecule has 1 N–H and O–H groups in total. The molecule has 0 aliphatic carbocycles. The van der Waals surface area contributed by atoms with Crippen LogP contribution in [0, 0.1) is 0 Å². The molecule has 1 aliphatic heterocycles. The number of carboxylic acids is 1. The number of aromatic carboxylic acids is 1. The highest BCUT2D eigenvalue weighted by Gasteiger charge is 2.30. The Kier molecular flexibility index (Phi) is 2.40. The second-order valence-electron chi connectivity index (χ2n) is 4.01. The van der Waals surface area contributed by atoms with E-state index in [1.165, 1.54) is 6.20 Å².